The Morgan fingerprint density at radius 2 is 2.50 bits per heavy atom. The van der Waals surface area contributed by atoms with E-state index in [0.717, 1.165) is 12.1 Å². The molecule has 0 aliphatic carbocycles. The van der Waals surface area contributed by atoms with E-state index in [-0.39, 0.29) is 6.04 Å². The van der Waals surface area contributed by atoms with Crippen LogP contribution in [0.3, 0.4) is 0 Å². The Morgan fingerprint density at radius 3 is 3.00 bits per heavy atom. The maximum Gasteiger partial charge on any atom is 0.0795 e. The molecule has 4 heteroatoms. The van der Waals surface area contributed by atoms with E-state index in [2.05, 4.69) is 15.0 Å². The van der Waals surface area contributed by atoms with Gasteiger partial charge in [-0.1, -0.05) is 18.1 Å². The van der Waals surface area contributed by atoms with Crippen molar-refractivity contribution in [1.29, 1.82) is 0 Å². The van der Waals surface area contributed by atoms with Crippen molar-refractivity contribution in [2.24, 2.45) is 5.11 Å². The molecule has 4 nitrogen and oxygen atoms in total. The number of aromatic nitrogens is 1. The molecular formula is C8H10N4. The Hall–Kier alpha value is -1.54. The topological polar surface area (TPSA) is 61.7 Å². The number of hydrogen-bond donors (Lipinski definition) is 0. The molecule has 0 amide bonds. The van der Waals surface area contributed by atoms with E-state index in [9.17, 15) is 0 Å². The van der Waals surface area contributed by atoms with Crippen molar-refractivity contribution < 1.29 is 0 Å². The van der Waals surface area contributed by atoms with E-state index in [1.807, 2.05) is 25.1 Å². The largest absolute Gasteiger partial charge is 0.261 e. The van der Waals surface area contributed by atoms with Gasteiger partial charge >= 0.3 is 0 Å². The van der Waals surface area contributed by atoms with Crippen molar-refractivity contribution in [2.45, 2.75) is 19.4 Å². The minimum atomic E-state index is -0.129. The smallest absolute Gasteiger partial charge is 0.0795 e. The quantitative estimate of drug-likeness (QED) is 0.383. The third-order valence-corrected chi connectivity index (χ3v) is 1.61. The zero-order valence-corrected chi connectivity index (χ0v) is 6.88. The summed E-state index contributed by atoms with van der Waals surface area (Å²) in [5.74, 6) is 0. The summed E-state index contributed by atoms with van der Waals surface area (Å²) < 4.78 is 0. The second-order valence-electron chi connectivity index (χ2n) is 2.38. The van der Waals surface area contributed by atoms with Crippen molar-refractivity contribution in [3.8, 4) is 0 Å². The summed E-state index contributed by atoms with van der Waals surface area (Å²) in [6, 6.07) is 5.46. The fourth-order valence-corrected chi connectivity index (χ4v) is 0.985. The molecule has 1 rings (SSSR count). The summed E-state index contributed by atoms with van der Waals surface area (Å²) >= 11 is 0. The molecule has 0 radical (unpaired) electrons. The number of nitrogens with zero attached hydrogens (tertiary/aromatic N) is 4. The molecule has 12 heavy (non-hydrogen) atoms. The van der Waals surface area contributed by atoms with Crippen LogP contribution < -0.4 is 0 Å². The van der Waals surface area contributed by atoms with E-state index in [4.69, 9.17) is 5.53 Å². The standard InChI is InChI=1S/C8H10N4/c1-2-7(11-12-9)8-5-3-4-6-10-8/h3-7H,2H2,1H3/t7-/m0/s1. The fourth-order valence-electron chi connectivity index (χ4n) is 0.985. The van der Waals surface area contributed by atoms with Gasteiger partial charge < -0.3 is 0 Å². The van der Waals surface area contributed by atoms with Gasteiger partial charge in [-0.3, -0.25) is 4.98 Å². The van der Waals surface area contributed by atoms with E-state index in [1.165, 1.54) is 0 Å². The Kier molecular flexibility index (Phi) is 3.11. The molecule has 0 spiro atoms. The van der Waals surface area contributed by atoms with Crippen molar-refractivity contribution in [1.82, 2.24) is 4.98 Å². The number of azide groups is 1. The average Bonchev–Trinajstić information content (AvgIpc) is 2.15. The van der Waals surface area contributed by atoms with Crippen LogP contribution in [0.1, 0.15) is 25.1 Å². The molecule has 0 aromatic carbocycles. The van der Waals surface area contributed by atoms with Crippen molar-refractivity contribution in [3.05, 3.63) is 40.5 Å². The van der Waals surface area contributed by atoms with Crippen molar-refractivity contribution in [3.63, 3.8) is 0 Å². The lowest BCUT2D eigenvalue weighted by Crippen LogP contribution is -1.94. The molecule has 0 aliphatic heterocycles. The van der Waals surface area contributed by atoms with Gasteiger partial charge in [-0.15, -0.1) is 0 Å². The predicted octanol–water partition coefficient (Wildman–Crippen LogP) is 2.84. The lowest BCUT2D eigenvalue weighted by molar-refractivity contribution is 0.670. The van der Waals surface area contributed by atoms with Gasteiger partial charge in [0, 0.05) is 16.8 Å². The van der Waals surface area contributed by atoms with Crippen LogP contribution in [0.5, 0.6) is 0 Å². The van der Waals surface area contributed by atoms with Crippen LogP contribution >= 0.6 is 0 Å². The molecule has 1 aromatic heterocycles. The molecule has 0 N–H and O–H groups in total. The van der Waals surface area contributed by atoms with E-state index in [1.54, 1.807) is 6.20 Å². The summed E-state index contributed by atoms with van der Waals surface area (Å²) in [6.45, 7) is 1.97. The highest BCUT2D eigenvalue weighted by Gasteiger charge is 2.05. The van der Waals surface area contributed by atoms with Crippen LogP contribution in [0.2, 0.25) is 0 Å². The van der Waals surface area contributed by atoms with Crippen LogP contribution in [-0.2, 0) is 0 Å². The van der Waals surface area contributed by atoms with Crippen molar-refractivity contribution in [2.75, 3.05) is 0 Å². The maximum atomic E-state index is 8.26. The van der Waals surface area contributed by atoms with E-state index < -0.39 is 0 Å². The molecule has 1 atom stereocenters. The average molecular weight is 162 g/mol. The van der Waals surface area contributed by atoms with Gasteiger partial charge in [0.05, 0.1) is 6.04 Å². The summed E-state index contributed by atoms with van der Waals surface area (Å²) in [5, 5.41) is 3.63. The monoisotopic (exact) mass is 162 g/mol. The lowest BCUT2D eigenvalue weighted by atomic mass is 10.1. The third kappa shape index (κ3) is 1.97. The first-order valence-electron chi connectivity index (χ1n) is 3.83. The van der Waals surface area contributed by atoms with Crippen LogP contribution in [0, 0.1) is 0 Å². The molecule has 0 bridgehead atoms. The highest BCUT2D eigenvalue weighted by molar-refractivity contribution is 5.08. The third-order valence-electron chi connectivity index (χ3n) is 1.61. The molecule has 1 heterocycles. The Balaban J connectivity index is 2.87. The van der Waals surface area contributed by atoms with Crippen LogP contribution in [-0.4, -0.2) is 4.98 Å². The number of hydrogen-bond acceptors (Lipinski definition) is 2. The Bertz CT molecular complexity index is 276. The van der Waals surface area contributed by atoms with Gasteiger partial charge in [-0.05, 0) is 24.1 Å². The summed E-state index contributed by atoms with van der Waals surface area (Å²) in [4.78, 5) is 6.87. The first-order chi connectivity index (χ1) is 5.88. The fraction of sp³-hybridized carbons (Fsp3) is 0.375. The Morgan fingerprint density at radius 1 is 1.67 bits per heavy atom. The normalized spacial score (nSPS) is 11.8. The Labute approximate surface area is 70.9 Å². The zero-order chi connectivity index (χ0) is 8.81. The second kappa shape index (κ2) is 4.36. The first-order valence-corrected chi connectivity index (χ1v) is 3.83. The van der Waals surface area contributed by atoms with Crippen LogP contribution in [0.25, 0.3) is 10.4 Å². The minimum Gasteiger partial charge on any atom is -0.261 e. The number of rotatable bonds is 3. The summed E-state index contributed by atoms with van der Waals surface area (Å²) in [7, 11) is 0. The minimum absolute atomic E-state index is 0.129. The maximum absolute atomic E-state index is 8.26. The molecule has 0 fully saturated rings. The highest BCUT2D eigenvalue weighted by atomic mass is 15.2. The highest BCUT2D eigenvalue weighted by Crippen LogP contribution is 2.17. The molecule has 1 aromatic rings. The second-order valence-corrected chi connectivity index (χ2v) is 2.38. The van der Waals surface area contributed by atoms with Gasteiger partial charge in [0.25, 0.3) is 0 Å². The van der Waals surface area contributed by atoms with Crippen LogP contribution in [0.4, 0.5) is 0 Å². The molecule has 0 saturated heterocycles. The van der Waals surface area contributed by atoms with E-state index >= 15 is 0 Å². The molecule has 0 saturated carbocycles. The predicted molar refractivity (Wildman–Crippen MR) is 46.4 cm³/mol. The number of pyridine rings is 1. The molecule has 0 aliphatic rings. The van der Waals surface area contributed by atoms with E-state index in [0.29, 0.717) is 0 Å². The van der Waals surface area contributed by atoms with Crippen LogP contribution in [0.15, 0.2) is 29.5 Å². The summed E-state index contributed by atoms with van der Waals surface area (Å²) in [5.41, 5.74) is 9.09. The SMILES string of the molecule is CC[C@H](N=[N+]=[N-])c1ccccn1. The molecule has 0 unspecified atom stereocenters. The van der Waals surface area contributed by atoms with Gasteiger partial charge in [0.2, 0.25) is 0 Å². The zero-order valence-electron chi connectivity index (χ0n) is 6.88. The van der Waals surface area contributed by atoms with Gasteiger partial charge in [-0.2, -0.15) is 0 Å². The lowest BCUT2D eigenvalue weighted by Gasteiger charge is -2.05. The molecular weight excluding hydrogens is 152 g/mol. The van der Waals surface area contributed by atoms with Gasteiger partial charge in [0.1, 0.15) is 0 Å². The van der Waals surface area contributed by atoms with Crippen molar-refractivity contribution >= 4 is 0 Å². The summed E-state index contributed by atoms with van der Waals surface area (Å²) in [6.07, 6.45) is 2.48. The van der Waals surface area contributed by atoms with Gasteiger partial charge in [0.15, 0.2) is 0 Å². The molecule has 62 valence electrons. The first kappa shape index (κ1) is 8.56. The van der Waals surface area contributed by atoms with Gasteiger partial charge in [-0.25, -0.2) is 0 Å².